The van der Waals surface area contributed by atoms with E-state index in [1.165, 1.54) is 25.1 Å². The number of carbonyl (C=O) groups is 3. The molecule has 6 nitrogen and oxygen atoms in total. The number of anilines is 1. The standard InChI is InChI=1S/C18H14Cl2N2O4S/c1-10(18(25)22-12-3-2-11(9-21)13(19)8-12)26-17(24)7-4-14(23)15-5-6-16(20)27-15/h2-3,5-6,8,10H,4,7H2,1H3,(H,22,25). The van der Waals surface area contributed by atoms with Crippen LogP contribution < -0.4 is 5.32 Å². The van der Waals surface area contributed by atoms with Crippen LogP contribution >= 0.6 is 34.5 Å². The maximum atomic E-state index is 12.1. The van der Waals surface area contributed by atoms with Gasteiger partial charge < -0.3 is 10.1 Å². The first kappa shape index (κ1) is 20.9. The maximum Gasteiger partial charge on any atom is 0.307 e. The lowest BCUT2D eigenvalue weighted by Crippen LogP contribution is -2.30. The monoisotopic (exact) mass is 424 g/mol. The van der Waals surface area contributed by atoms with Gasteiger partial charge in [-0.1, -0.05) is 23.2 Å². The quantitative estimate of drug-likeness (QED) is 0.522. The Morgan fingerprint density at radius 2 is 1.96 bits per heavy atom. The third-order valence-electron chi connectivity index (χ3n) is 3.44. The summed E-state index contributed by atoms with van der Waals surface area (Å²) in [4.78, 5) is 36.4. The van der Waals surface area contributed by atoms with Crippen molar-refractivity contribution in [3.8, 4) is 6.07 Å². The molecule has 2 rings (SSSR count). The molecule has 0 bridgehead atoms. The molecule has 0 spiro atoms. The fourth-order valence-corrected chi connectivity index (χ4v) is 3.27. The van der Waals surface area contributed by atoms with Gasteiger partial charge in [-0.05, 0) is 37.3 Å². The number of nitrogens with zero attached hydrogens (tertiary/aromatic N) is 1. The number of ketones is 1. The lowest BCUT2D eigenvalue weighted by Gasteiger charge is -2.13. The number of hydrogen-bond donors (Lipinski definition) is 1. The van der Waals surface area contributed by atoms with Gasteiger partial charge in [0.05, 0.1) is 26.2 Å². The predicted molar refractivity (Wildman–Crippen MR) is 103 cm³/mol. The first-order valence-electron chi connectivity index (χ1n) is 7.78. The van der Waals surface area contributed by atoms with Gasteiger partial charge in [0.1, 0.15) is 6.07 Å². The van der Waals surface area contributed by atoms with E-state index in [9.17, 15) is 14.4 Å². The molecule has 0 saturated heterocycles. The van der Waals surface area contributed by atoms with E-state index < -0.39 is 18.0 Å². The predicted octanol–water partition coefficient (Wildman–Crippen LogP) is 4.46. The Morgan fingerprint density at radius 3 is 2.56 bits per heavy atom. The lowest BCUT2D eigenvalue weighted by molar-refractivity contribution is -0.153. The van der Waals surface area contributed by atoms with E-state index in [1.807, 2.05) is 6.07 Å². The van der Waals surface area contributed by atoms with Crippen LogP contribution in [0.15, 0.2) is 30.3 Å². The number of rotatable bonds is 7. The molecular formula is C18H14Cl2N2O4S. The molecule has 1 amide bonds. The second kappa shape index (κ2) is 9.51. The SMILES string of the molecule is CC(OC(=O)CCC(=O)c1ccc(Cl)s1)C(=O)Nc1ccc(C#N)c(Cl)c1. The van der Waals surface area contributed by atoms with E-state index in [2.05, 4.69) is 5.32 Å². The summed E-state index contributed by atoms with van der Waals surface area (Å²) in [6.45, 7) is 1.42. The average Bonchev–Trinajstić information content (AvgIpc) is 3.06. The number of thiophene rings is 1. The molecule has 27 heavy (non-hydrogen) atoms. The summed E-state index contributed by atoms with van der Waals surface area (Å²) in [6, 6.07) is 9.53. The van der Waals surface area contributed by atoms with Crippen LogP contribution in [-0.4, -0.2) is 23.8 Å². The van der Waals surface area contributed by atoms with Gasteiger partial charge in [-0.2, -0.15) is 5.26 Å². The van der Waals surface area contributed by atoms with E-state index in [4.69, 9.17) is 33.2 Å². The number of ether oxygens (including phenoxy) is 1. The van der Waals surface area contributed by atoms with Crippen LogP contribution in [0, 0.1) is 11.3 Å². The Bertz CT molecular complexity index is 920. The van der Waals surface area contributed by atoms with Gasteiger partial charge in [-0.25, -0.2) is 0 Å². The van der Waals surface area contributed by atoms with Gasteiger partial charge in [0.25, 0.3) is 5.91 Å². The fraction of sp³-hybridized carbons (Fsp3) is 0.222. The molecular weight excluding hydrogens is 411 g/mol. The summed E-state index contributed by atoms with van der Waals surface area (Å²) >= 11 is 12.8. The minimum absolute atomic E-state index is 0.0325. The van der Waals surface area contributed by atoms with Gasteiger partial charge in [0.2, 0.25) is 0 Å². The van der Waals surface area contributed by atoms with E-state index in [0.717, 1.165) is 11.3 Å². The zero-order valence-electron chi connectivity index (χ0n) is 14.1. The van der Waals surface area contributed by atoms with Crippen LogP contribution in [0.3, 0.4) is 0 Å². The number of benzene rings is 1. The van der Waals surface area contributed by atoms with Crippen molar-refractivity contribution in [1.29, 1.82) is 5.26 Å². The summed E-state index contributed by atoms with van der Waals surface area (Å²) in [5.41, 5.74) is 0.655. The fourth-order valence-electron chi connectivity index (χ4n) is 2.04. The van der Waals surface area contributed by atoms with Crippen LogP contribution in [-0.2, 0) is 14.3 Å². The summed E-state index contributed by atoms with van der Waals surface area (Å²) in [7, 11) is 0. The molecule has 140 valence electrons. The highest BCUT2D eigenvalue weighted by Crippen LogP contribution is 2.23. The molecule has 0 fully saturated rings. The number of halogens is 2. The molecule has 1 aromatic heterocycles. The van der Waals surface area contributed by atoms with Crippen LogP contribution in [0.4, 0.5) is 5.69 Å². The van der Waals surface area contributed by atoms with Crippen LogP contribution in [0.25, 0.3) is 0 Å². The number of nitrogens with one attached hydrogen (secondary N) is 1. The molecule has 9 heteroatoms. The Morgan fingerprint density at radius 1 is 1.22 bits per heavy atom. The van der Waals surface area contributed by atoms with Crippen molar-refractivity contribution in [3.05, 3.63) is 50.1 Å². The van der Waals surface area contributed by atoms with Crippen molar-refractivity contribution in [1.82, 2.24) is 0 Å². The Labute approximate surface area is 169 Å². The van der Waals surface area contributed by atoms with Gasteiger partial charge >= 0.3 is 5.97 Å². The third kappa shape index (κ3) is 6.07. The molecule has 0 aliphatic rings. The van der Waals surface area contributed by atoms with E-state index >= 15 is 0 Å². The van der Waals surface area contributed by atoms with Crippen molar-refractivity contribution in [2.45, 2.75) is 25.9 Å². The number of amides is 1. The molecule has 1 atom stereocenters. The second-order valence-corrected chi connectivity index (χ2v) is 7.58. The van der Waals surface area contributed by atoms with E-state index in [-0.39, 0.29) is 29.2 Å². The molecule has 0 saturated carbocycles. The van der Waals surface area contributed by atoms with Gasteiger partial charge in [0.15, 0.2) is 11.9 Å². The van der Waals surface area contributed by atoms with Crippen LogP contribution in [0.5, 0.6) is 0 Å². The molecule has 0 aliphatic heterocycles. The van der Waals surface area contributed by atoms with Crippen LogP contribution in [0.2, 0.25) is 9.36 Å². The number of carbonyl (C=O) groups excluding carboxylic acids is 3. The van der Waals surface area contributed by atoms with Crippen molar-refractivity contribution >= 4 is 57.9 Å². The van der Waals surface area contributed by atoms with Gasteiger partial charge in [0, 0.05) is 12.1 Å². The minimum Gasteiger partial charge on any atom is -0.453 e. The Hall–Kier alpha value is -2.40. The Kier molecular flexibility index (Phi) is 7.36. The minimum atomic E-state index is -1.06. The zero-order chi connectivity index (χ0) is 20.0. The topological polar surface area (TPSA) is 96.3 Å². The van der Waals surface area contributed by atoms with E-state index in [0.29, 0.717) is 14.9 Å². The zero-order valence-corrected chi connectivity index (χ0v) is 16.5. The van der Waals surface area contributed by atoms with Crippen molar-refractivity contribution < 1.29 is 19.1 Å². The highest BCUT2D eigenvalue weighted by molar-refractivity contribution is 7.18. The molecule has 1 N–H and O–H groups in total. The first-order chi connectivity index (χ1) is 12.8. The summed E-state index contributed by atoms with van der Waals surface area (Å²) < 4.78 is 5.53. The van der Waals surface area contributed by atoms with Crippen molar-refractivity contribution in [3.63, 3.8) is 0 Å². The first-order valence-corrected chi connectivity index (χ1v) is 9.36. The molecule has 1 unspecified atom stereocenters. The molecule has 2 aromatic rings. The average molecular weight is 425 g/mol. The van der Waals surface area contributed by atoms with Crippen molar-refractivity contribution in [2.24, 2.45) is 0 Å². The lowest BCUT2D eigenvalue weighted by atomic mass is 10.2. The van der Waals surface area contributed by atoms with Crippen molar-refractivity contribution in [2.75, 3.05) is 5.32 Å². The maximum absolute atomic E-state index is 12.1. The molecule has 1 aromatic carbocycles. The van der Waals surface area contributed by atoms with Gasteiger partial charge in [-0.3, -0.25) is 14.4 Å². The van der Waals surface area contributed by atoms with E-state index in [1.54, 1.807) is 12.1 Å². The summed E-state index contributed by atoms with van der Waals surface area (Å²) in [5, 5.41) is 11.6. The highest BCUT2D eigenvalue weighted by atomic mass is 35.5. The smallest absolute Gasteiger partial charge is 0.307 e. The third-order valence-corrected chi connectivity index (χ3v) is 5.02. The summed E-state index contributed by atoms with van der Waals surface area (Å²) in [6.07, 6.45) is -1.23. The number of Topliss-reactive ketones (excluding diaryl/α,β-unsaturated/α-hetero) is 1. The van der Waals surface area contributed by atoms with Crippen LogP contribution in [0.1, 0.15) is 35.0 Å². The summed E-state index contributed by atoms with van der Waals surface area (Å²) in [5.74, 6) is -1.43. The molecule has 0 radical (unpaired) electrons. The molecule has 1 heterocycles. The normalized spacial score (nSPS) is 11.3. The number of hydrogen-bond acceptors (Lipinski definition) is 6. The number of esters is 1. The Balaban J connectivity index is 1.83. The number of nitriles is 1. The van der Waals surface area contributed by atoms with Gasteiger partial charge in [-0.15, -0.1) is 11.3 Å². The molecule has 0 aliphatic carbocycles. The second-order valence-electron chi connectivity index (χ2n) is 5.45. The largest absolute Gasteiger partial charge is 0.453 e. The highest BCUT2D eigenvalue weighted by Gasteiger charge is 2.19.